The van der Waals surface area contributed by atoms with Crippen molar-refractivity contribution in [3.8, 4) is 0 Å². The van der Waals surface area contributed by atoms with Gasteiger partial charge < -0.3 is 14.3 Å². The molecule has 1 rings (SSSR count). The van der Waals surface area contributed by atoms with Gasteiger partial charge in [0.15, 0.2) is 0 Å². The van der Waals surface area contributed by atoms with Gasteiger partial charge in [0.25, 0.3) is 0 Å². The highest BCUT2D eigenvalue weighted by molar-refractivity contribution is 14.1. The fraction of sp³-hybridized carbons (Fsp3) is 0.786. The Morgan fingerprint density at radius 1 is 0.743 bits per heavy atom. The molecule has 0 aliphatic rings. The summed E-state index contributed by atoms with van der Waals surface area (Å²) in [7, 11) is 1.63. The van der Waals surface area contributed by atoms with Crippen LogP contribution in [0.15, 0.2) is 24.3 Å². The highest BCUT2D eigenvalue weighted by Gasteiger charge is 2.26. The van der Waals surface area contributed by atoms with Gasteiger partial charge in [-0.15, -0.1) is 0 Å². The van der Waals surface area contributed by atoms with Crippen molar-refractivity contribution < 1.29 is 23.4 Å². The predicted molar refractivity (Wildman–Crippen MR) is 157 cm³/mol. The van der Waals surface area contributed by atoms with Gasteiger partial charge in [0.05, 0.1) is 21.1 Å². The summed E-state index contributed by atoms with van der Waals surface area (Å²) in [6.45, 7) is 0.610. The minimum absolute atomic E-state index is 0.380. The number of hydrogen-bond acceptors (Lipinski definition) is 2. The number of nitrogens with zero attached hydrogens (tertiary/aromatic N) is 1. The molecule has 0 spiro atoms. The summed E-state index contributed by atoms with van der Waals surface area (Å²) in [4.78, 5) is 18.3. The van der Waals surface area contributed by atoms with Crippen molar-refractivity contribution in [2.45, 2.75) is 115 Å². The van der Waals surface area contributed by atoms with Crippen LogP contribution < -0.4 is 0 Å². The zero-order valence-corrected chi connectivity index (χ0v) is 25.6. The molecule has 1 aromatic rings. The maximum absolute atomic E-state index is 11.2. The van der Waals surface area contributed by atoms with Gasteiger partial charge in [0.2, 0.25) is 0 Å². The molecule has 0 radical (unpaired) electrons. The Bertz CT molecular complexity index is 687. The molecule has 7 heteroatoms. The monoisotopic (exact) mass is 620 g/mol. The summed E-state index contributed by atoms with van der Waals surface area (Å²) >= 11 is 2.36. The molecule has 0 fully saturated rings. The number of aryl methyl sites for hydroxylation is 1. The smallest absolute Gasteiger partial charge is 0.329 e. The van der Waals surface area contributed by atoms with Crippen molar-refractivity contribution in [1.82, 2.24) is 0 Å². The van der Waals surface area contributed by atoms with Crippen molar-refractivity contribution in [3.63, 3.8) is 0 Å². The van der Waals surface area contributed by atoms with Crippen LogP contribution in [-0.2, 0) is 15.5 Å². The lowest BCUT2D eigenvalue weighted by Gasteiger charge is -2.29. The number of phosphoric ester groups is 1. The van der Waals surface area contributed by atoms with E-state index in [0.717, 1.165) is 12.8 Å². The van der Waals surface area contributed by atoms with Gasteiger partial charge in [0.1, 0.15) is 12.6 Å². The molecule has 35 heavy (non-hydrogen) atoms. The number of benzene rings is 1. The second-order valence-corrected chi connectivity index (χ2v) is 13.6. The van der Waals surface area contributed by atoms with Crippen LogP contribution in [0.25, 0.3) is 0 Å². The normalized spacial score (nSPS) is 13.3. The molecule has 0 aliphatic heterocycles. The van der Waals surface area contributed by atoms with E-state index in [1.54, 1.807) is 0 Å². The highest BCUT2D eigenvalue weighted by atomic mass is 123. The van der Waals surface area contributed by atoms with E-state index in [4.69, 9.17) is 14.3 Å². The molecule has 0 aliphatic carbocycles. The lowest BCUT2D eigenvalue weighted by atomic mass is 10.0. The first-order chi connectivity index (χ1) is 16.6. The summed E-state index contributed by atoms with van der Waals surface area (Å²) in [5.74, 6) is 0. The van der Waals surface area contributed by atoms with Crippen LogP contribution in [0, 0.1) is 3.57 Å². The number of halogens is 1. The van der Waals surface area contributed by atoms with Gasteiger partial charge in [0, 0.05) is 3.57 Å². The second kappa shape index (κ2) is 19.1. The zero-order chi connectivity index (χ0) is 26.0. The lowest BCUT2D eigenvalue weighted by molar-refractivity contribution is -0.873. The fourth-order valence-corrected chi connectivity index (χ4v) is 5.55. The Balaban J connectivity index is 1.86. The predicted octanol–water partition coefficient (Wildman–Crippen LogP) is 8.26. The molecule has 0 saturated heterocycles. The van der Waals surface area contributed by atoms with E-state index in [0.29, 0.717) is 17.4 Å². The summed E-state index contributed by atoms with van der Waals surface area (Å²) < 4.78 is 18.2. The third-order valence-corrected chi connectivity index (χ3v) is 7.73. The summed E-state index contributed by atoms with van der Waals surface area (Å²) in [5, 5.41) is 0. The van der Waals surface area contributed by atoms with Gasteiger partial charge in [-0.25, -0.2) is 4.57 Å². The minimum Gasteiger partial charge on any atom is -0.329 e. The molecule has 0 heterocycles. The van der Waals surface area contributed by atoms with E-state index in [1.165, 1.54) is 99.0 Å². The number of unbranched alkanes of at least 4 members (excludes halogenated alkanes) is 14. The van der Waals surface area contributed by atoms with E-state index in [1.807, 2.05) is 21.1 Å². The van der Waals surface area contributed by atoms with Crippen molar-refractivity contribution in [2.24, 2.45) is 0 Å². The minimum atomic E-state index is -4.42. The van der Waals surface area contributed by atoms with Crippen LogP contribution in [0.1, 0.15) is 108 Å². The molecule has 0 aromatic heterocycles. The largest absolute Gasteiger partial charge is 0.470 e. The third-order valence-electron chi connectivity index (χ3n) is 6.44. The molecule has 0 bridgehead atoms. The first-order valence-corrected chi connectivity index (χ1v) is 16.4. The molecule has 5 nitrogen and oxygen atoms in total. The van der Waals surface area contributed by atoms with Crippen molar-refractivity contribution >= 4 is 30.4 Å². The Hall–Kier alpha value is 0.0200. The SMILES string of the molecule is C[N+](C)(C)CC(CCCCCCCCCCCCCCCCCc1ccc([123I])cc1)OP(=O)(O)O. The number of rotatable bonds is 22. The number of hydrogen-bond donors (Lipinski definition) is 2. The Labute approximate surface area is 229 Å². The van der Waals surface area contributed by atoms with Crippen molar-refractivity contribution in [2.75, 3.05) is 27.7 Å². The molecular weight excluding hydrogens is 568 g/mol. The molecule has 0 saturated carbocycles. The molecule has 204 valence electrons. The van der Waals surface area contributed by atoms with Gasteiger partial charge >= 0.3 is 7.82 Å². The van der Waals surface area contributed by atoms with E-state index < -0.39 is 7.82 Å². The Kier molecular flexibility index (Phi) is 18.1. The first kappa shape index (κ1) is 33.0. The van der Waals surface area contributed by atoms with Gasteiger partial charge in [-0.2, -0.15) is 0 Å². The molecule has 1 unspecified atom stereocenters. The standard InChI is InChI=1S/C28H51INO4P/c1-30(2,3)25-28(34-35(31,32)33)20-18-16-14-12-10-8-6-4-5-7-9-11-13-15-17-19-26-21-23-27(29)24-22-26/h21-24,28H,4-20,25H2,1-3H3,(H-,31,32,33)/p+1/i29-4. The van der Waals surface area contributed by atoms with Crippen LogP contribution in [0.2, 0.25) is 0 Å². The van der Waals surface area contributed by atoms with E-state index in [9.17, 15) is 4.57 Å². The fourth-order valence-electron chi connectivity index (χ4n) is 4.63. The van der Waals surface area contributed by atoms with Gasteiger partial charge in [-0.1, -0.05) is 102 Å². The average Bonchev–Trinajstić information content (AvgIpc) is 2.75. The van der Waals surface area contributed by atoms with Crippen LogP contribution in [0.3, 0.4) is 0 Å². The zero-order valence-electron chi connectivity index (χ0n) is 22.6. The highest BCUT2D eigenvalue weighted by Crippen LogP contribution is 2.39. The van der Waals surface area contributed by atoms with Crippen LogP contribution >= 0.6 is 30.4 Å². The van der Waals surface area contributed by atoms with Crippen LogP contribution in [-0.4, -0.2) is 48.1 Å². The lowest BCUT2D eigenvalue weighted by Crippen LogP contribution is -2.42. The first-order valence-electron chi connectivity index (χ1n) is 13.8. The average molecular weight is 621 g/mol. The van der Waals surface area contributed by atoms with Crippen molar-refractivity contribution in [1.29, 1.82) is 0 Å². The van der Waals surface area contributed by atoms with Crippen LogP contribution in [0.5, 0.6) is 0 Å². The Morgan fingerprint density at radius 3 is 1.54 bits per heavy atom. The Morgan fingerprint density at radius 2 is 1.14 bits per heavy atom. The summed E-state index contributed by atoms with van der Waals surface area (Å²) in [6.07, 6.45) is 21.1. The molecule has 1 atom stereocenters. The van der Waals surface area contributed by atoms with E-state index >= 15 is 0 Å². The van der Waals surface area contributed by atoms with Gasteiger partial charge in [-0.05, 0) is 59.5 Å². The van der Waals surface area contributed by atoms with Crippen LogP contribution in [0.4, 0.5) is 0 Å². The molecule has 0 amide bonds. The summed E-state index contributed by atoms with van der Waals surface area (Å²) in [6, 6.07) is 8.94. The summed E-state index contributed by atoms with van der Waals surface area (Å²) in [5.41, 5.74) is 1.47. The maximum atomic E-state index is 11.2. The molecule has 2 N–H and O–H groups in total. The maximum Gasteiger partial charge on any atom is 0.470 e. The number of likely N-dealkylation sites (N-methyl/N-ethyl adjacent to an activating group) is 1. The third kappa shape index (κ3) is 21.8. The molecular formula is C28H52INO4P+. The second-order valence-electron chi connectivity index (χ2n) is 11.2. The number of quaternary nitrogens is 1. The topological polar surface area (TPSA) is 66.8 Å². The van der Waals surface area contributed by atoms with E-state index in [2.05, 4.69) is 46.9 Å². The molecule has 1 aromatic carbocycles. The van der Waals surface area contributed by atoms with E-state index in [-0.39, 0.29) is 6.10 Å². The number of phosphoric acid groups is 1. The van der Waals surface area contributed by atoms with Gasteiger partial charge in [-0.3, -0.25) is 4.52 Å². The van der Waals surface area contributed by atoms with Crippen molar-refractivity contribution in [3.05, 3.63) is 33.4 Å². The quantitative estimate of drug-likeness (QED) is 0.0593.